The number of aromatic amines is 1. The van der Waals surface area contributed by atoms with Crippen LogP contribution in [0.3, 0.4) is 0 Å². The van der Waals surface area contributed by atoms with Crippen molar-refractivity contribution in [1.82, 2.24) is 24.9 Å². The van der Waals surface area contributed by atoms with Gasteiger partial charge in [-0.2, -0.15) is 10.2 Å². The quantitative estimate of drug-likeness (QED) is 0.925. The Bertz CT molecular complexity index is 532. The van der Waals surface area contributed by atoms with Crippen LogP contribution in [0.2, 0.25) is 0 Å². The van der Waals surface area contributed by atoms with Gasteiger partial charge in [0.1, 0.15) is 5.69 Å². The molecule has 0 radical (unpaired) electrons. The van der Waals surface area contributed by atoms with Gasteiger partial charge in [0.2, 0.25) is 0 Å². The number of aromatic nitrogens is 4. The van der Waals surface area contributed by atoms with E-state index in [-0.39, 0.29) is 5.91 Å². The highest BCUT2D eigenvalue weighted by atomic mass is 79.9. The standard InChI is InChI=1S/C10H12BrN5O/c1-15(5-7-3-13-16(2)6-7)10(17)9-8(11)4-12-14-9/h3-4,6H,5H2,1-2H3,(H,12,14). The van der Waals surface area contributed by atoms with Gasteiger partial charge in [0, 0.05) is 32.4 Å². The van der Waals surface area contributed by atoms with Crippen LogP contribution < -0.4 is 0 Å². The molecule has 7 heteroatoms. The number of aryl methyl sites for hydroxylation is 1. The average molecular weight is 298 g/mol. The first-order valence-electron chi connectivity index (χ1n) is 5.00. The van der Waals surface area contributed by atoms with Gasteiger partial charge >= 0.3 is 0 Å². The molecular formula is C10H12BrN5O. The summed E-state index contributed by atoms with van der Waals surface area (Å²) in [5.41, 5.74) is 1.44. The maximum Gasteiger partial charge on any atom is 0.273 e. The zero-order chi connectivity index (χ0) is 12.4. The molecule has 90 valence electrons. The third kappa shape index (κ3) is 2.55. The molecule has 0 saturated carbocycles. The summed E-state index contributed by atoms with van der Waals surface area (Å²) in [7, 11) is 3.58. The first-order chi connectivity index (χ1) is 8.08. The van der Waals surface area contributed by atoms with Crippen LogP contribution in [0.5, 0.6) is 0 Å². The zero-order valence-corrected chi connectivity index (χ0v) is 11.1. The van der Waals surface area contributed by atoms with E-state index < -0.39 is 0 Å². The SMILES string of the molecule is CN(Cc1cnn(C)c1)C(=O)c1[nH]ncc1Br. The van der Waals surface area contributed by atoms with Crippen molar-refractivity contribution in [3.05, 3.63) is 34.3 Å². The fourth-order valence-corrected chi connectivity index (χ4v) is 1.87. The van der Waals surface area contributed by atoms with E-state index in [1.165, 1.54) is 0 Å². The van der Waals surface area contributed by atoms with Gasteiger partial charge in [-0.25, -0.2) is 0 Å². The van der Waals surface area contributed by atoms with E-state index in [1.807, 2.05) is 13.2 Å². The minimum Gasteiger partial charge on any atom is -0.336 e. The molecule has 0 aliphatic carbocycles. The van der Waals surface area contributed by atoms with Gasteiger partial charge in [-0.1, -0.05) is 0 Å². The van der Waals surface area contributed by atoms with E-state index in [1.54, 1.807) is 29.0 Å². The van der Waals surface area contributed by atoms with Crippen LogP contribution in [0.4, 0.5) is 0 Å². The minimum absolute atomic E-state index is 0.113. The van der Waals surface area contributed by atoms with Crippen LogP contribution in [0.15, 0.2) is 23.1 Å². The number of nitrogens with one attached hydrogen (secondary N) is 1. The number of carbonyl (C=O) groups excluding carboxylic acids is 1. The van der Waals surface area contributed by atoms with Crippen molar-refractivity contribution in [1.29, 1.82) is 0 Å². The highest BCUT2D eigenvalue weighted by Crippen LogP contribution is 2.15. The molecule has 6 nitrogen and oxygen atoms in total. The second-order valence-corrected chi connectivity index (χ2v) is 4.63. The number of carbonyl (C=O) groups is 1. The molecular weight excluding hydrogens is 286 g/mol. The first kappa shape index (κ1) is 11.8. The average Bonchev–Trinajstić information content (AvgIpc) is 2.86. The summed E-state index contributed by atoms with van der Waals surface area (Å²) >= 11 is 3.27. The number of rotatable bonds is 3. The molecule has 0 bridgehead atoms. The highest BCUT2D eigenvalue weighted by Gasteiger charge is 2.17. The van der Waals surface area contributed by atoms with E-state index in [4.69, 9.17) is 0 Å². The molecule has 1 N–H and O–H groups in total. The maximum atomic E-state index is 12.0. The van der Waals surface area contributed by atoms with Gasteiger partial charge in [0.05, 0.1) is 16.9 Å². The predicted molar refractivity (Wildman–Crippen MR) is 65.3 cm³/mol. The number of halogens is 1. The Morgan fingerprint density at radius 3 is 2.88 bits per heavy atom. The molecule has 2 heterocycles. The molecule has 0 unspecified atom stereocenters. The van der Waals surface area contributed by atoms with Crippen molar-refractivity contribution in [2.75, 3.05) is 7.05 Å². The fraction of sp³-hybridized carbons (Fsp3) is 0.300. The maximum absolute atomic E-state index is 12.0. The second-order valence-electron chi connectivity index (χ2n) is 3.78. The molecule has 2 aromatic heterocycles. The van der Waals surface area contributed by atoms with Crippen molar-refractivity contribution in [3.8, 4) is 0 Å². The Kier molecular flexibility index (Phi) is 3.28. The van der Waals surface area contributed by atoms with Crippen LogP contribution in [0.25, 0.3) is 0 Å². The number of hydrogen-bond acceptors (Lipinski definition) is 3. The van der Waals surface area contributed by atoms with Crippen LogP contribution in [-0.4, -0.2) is 37.8 Å². The minimum atomic E-state index is -0.113. The zero-order valence-electron chi connectivity index (χ0n) is 9.51. The molecule has 0 aromatic carbocycles. The summed E-state index contributed by atoms with van der Waals surface area (Å²) < 4.78 is 2.38. The second kappa shape index (κ2) is 4.70. The van der Waals surface area contributed by atoms with Crippen LogP contribution in [0.1, 0.15) is 16.1 Å². The first-order valence-corrected chi connectivity index (χ1v) is 5.79. The molecule has 0 aliphatic rings. The monoisotopic (exact) mass is 297 g/mol. The summed E-state index contributed by atoms with van der Waals surface area (Å²) in [4.78, 5) is 13.6. The Balaban J connectivity index is 2.08. The summed E-state index contributed by atoms with van der Waals surface area (Å²) in [6.07, 6.45) is 5.18. The van der Waals surface area contributed by atoms with Crippen LogP contribution in [0, 0.1) is 0 Å². The van der Waals surface area contributed by atoms with Gasteiger partial charge in [-0.3, -0.25) is 14.6 Å². The number of H-pyrrole nitrogens is 1. The van der Waals surface area contributed by atoms with Crippen LogP contribution >= 0.6 is 15.9 Å². The molecule has 1 amide bonds. The lowest BCUT2D eigenvalue weighted by Crippen LogP contribution is -2.26. The fourth-order valence-electron chi connectivity index (χ4n) is 1.51. The highest BCUT2D eigenvalue weighted by molar-refractivity contribution is 9.10. The largest absolute Gasteiger partial charge is 0.336 e. The Morgan fingerprint density at radius 1 is 1.59 bits per heavy atom. The van der Waals surface area contributed by atoms with E-state index >= 15 is 0 Å². The molecule has 0 saturated heterocycles. The van der Waals surface area contributed by atoms with E-state index in [9.17, 15) is 4.79 Å². The van der Waals surface area contributed by atoms with E-state index in [2.05, 4.69) is 31.2 Å². The summed E-state index contributed by atoms with van der Waals surface area (Å²) in [6, 6.07) is 0. The van der Waals surface area contributed by atoms with Crippen molar-refractivity contribution in [2.24, 2.45) is 7.05 Å². The topological polar surface area (TPSA) is 66.8 Å². The number of nitrogens with zero attached hydrogens (tertiary/aromatic N) is 4. The summed E-state index contributed by atoms with van der Waals surface area (Å²) in [5.74, 6) is -0.113. The molecule has 17 heavy (non-hydrogen) atoms. The van der Waals surface area contributed by atoms with Gasteiger partial charge in [0.15, 0.2) is 0 Å². The van der Waals surface area contributed by atoms with Crippen LogP contribution in [-0.2, 0) is 13.6 Å². The Morgan fingerprint density at radius 2 is 2.35 bits per heavy atom. The van der Waals surface area contributed by atoms with Gasteiger partial charge in [-0.15, -0.1) is 0 Å². The number of hydrogen-bond donors (Lipinski definition) is 1. The van der Waals surface area contributed by atoms with Crippen molar-refractivity contribution >= 4 is 21.8 Å². The molecule has 0 aliphatic heterocycles. The van der Waals surface area contributed by atoms with Gasteiger partial charge in [-0.05, 0) is 15.9 Å². The molecule has 0 spiro atoms. The lowest BCUT2D eigenvalue weighted by Gasteiger charge is -2.15. The summed E-state index contributed by atoms with van der Waals surface area (Å²) in [6.45, 7) is 0.512. The lowest BCUT2D eigenvalue weighted by molar-refractivity contribution is 0.0778. The number of amides is 1. The Labute approximate surface area is 107 Å². The smallest absolute Gasteiger partial charge is 0.273 e. The Hall–Kier alpha value is -1.63. The normalized spacial score (nSPS) is 10.5. The van der Waals surface area contributed by atoms with E-state index in [0.717, 1.165) is 5.56 Å². The lowest BCUT2D eigenvalue weighted by atomic mass is 10.3. The molecule has 2 aromatic rings. The molecule has 0 atom stereocenters. The predicted octanol–water partition coefficient (Wildman–Crippen LogP) is 1.18. The van der Waals surface area contributed by atoms with Crippen molar-refractivity contribution < 1.29 is 4.79 Å². The van der Waals surface area contributed by atoms with E-state index in [0.29, 0.717) is 16.7 Å². The van der Waals surface area contributed by atoms with Gasteiger partial charge < -0.3 is 4.90 Å². The summed E-state index contributed by atoms with van der Waals surface area (Å²) in [5, 5.41) is 10.5. The van der Waals surface area contributed by atoms with Crippen molar-refractivity contribution in [3.63, 3.8) is 0 Å². The third-order valence-electron chi connectivity index (χ3n) is 2.33. The molecule has 0 fully saturated rings. The van der Waals surface area contributed by atoms with Gasteiger partial charge in [0.25, 0.3) is 5.91 Å². The molecule has 2 rings (SSSR count). The third-order valence-corrected chi connectivity index (χ3v) is 2.93. The van der Waals surface area contributed by atoms with Crippen molar-refractivity contribution in [2.45, 2.75) is 6.54 Å².